The summed E-state index contributed by atoms with van der Waals surface area (Å²) in [5.41, 5.74) is 1.73. The smallest absolute Gasteiger partial charge is 0.191 e. The molecular weight excluding hydrogens is 345 g/mol. The molecule has 1 saturated heterocycles. The van der Waals surface area contributed by atoms with Crippen LogP contribution in [-0.2, 0) is 11.3 Å². The first-order chi connectivity index (χ1) is 12.9. The molecule has 3 unspecified atom stereocenters. The number of aliphatic imine (C=N–C) groups is 1. The predicted molar refractivity (Wildman–Crippen MR) is 104 cm³/mol. The second-order valence-electron chi connectivity index (χ2n) is 8.17. The molecule has 4 rings (SSSR count). The molecule has 2 aliphatic rings. The van der Waals surface area contributed by atoms with Crippen molar-refractivity contribution in [2.24, 2.45) is 16.3 Å². The van der Waals surface area contributed by atoms with E-state index in [0.29, 0.717) is 30.2 Å². The van der Waals surface area contributed by atoms with E-state index in [2.05, 4.69) is 31.4 Å². The molecule has 146 valence electrons. The lowest BCUT2D eigenvalue weighted by Gasteiger charge is -2.54. The Hall–Kier alpha value is -2.08. The molecule has 0 bridgehead atoms. The van der Waals surface area contributed by atoms with Crippen molar-refractivity contribution in [2.45, 2.75) is 52.8 Å². The largest absolute Gasteiger partial charge is 0.459 e. The summed E-state index contributed by atoms with van der Waals surface area (Å²) in [6, 6.07) is 4.95. The first kappa shape index (κ1) is 18.3. The third-order valence-corrected chi connectivity index (χ3v) is 6.11. The van der Waals surface area contributed by atoms with Crippen LogP contribution in [-0.4, -0.2) is 31.3 Å². The van der Waals surface area contributed by atoms with Gasteiger partial charge in [0, 0.05) is 41.5 Å². The number of hydrogen-bond donors (Lipinski definition) is 2. The first-order valence-electron chi connectivity index (χ1n) is 9.75. The maximum absolute atomic E-state index is 13.5. The van der Waals surface area contributed by atoms with E-state index in [-0.39, 0.29) is 11.2 Å². The SMILES string of the molecule is CCNC(=NCc1oc2ccc(F)cc2c1C)NC1C2CCOC2C1(C)C. The third kappa shape index (κ3) is 3.10. The molecule has 1 saturated carbocycles. The fourth-order valence-corrected chi connectivity index (χ4v) is 4.63. The topological polar surface area (TPSA) is 58.8 Å². The number of rotatable bonds is 4. The summed E-state index contributed by atoms with van der Waals surface area (Å²) >= 11 is 0. The molecule has 2 fully saturated rings. The molecule has 0 spiro atoms. The van der Waals surface area contributed by atoms with Crippen LogP contribution in [0, 0.1) is 24.1 Å². The van der Waals surface area contributed by atoms with Crippen molar-refractivity contribution in [3.8, 4) is 0 Å². The van der Waals surface area contributed by atoms with Crippen LogP contribution >= 0.6 is 0 Å². The predicted octanol–water partition coefficient (Wildman–Crippen LogP) is 3.75. The number of halogens is 1. The van der Waals surface area contributed by atoms with Crippen molar-refractivity contribution < 1.29 is 13.5 Å². The summed E-state index contributed by atoms with van der Waals surface area (Å²) in [6.07, 6.45) is 1.43. The number of nitrogens with zero attached hydrogens (tertiary/aromatic N) is 1. The lowest BCUT2D eigenvalue weighted by atomic mass is 9.57. The van der Waals surface area contributed by atoms with Crippen LogP contribution in [0.25, 0.3) is 11.0 Å². The van der Waals surface area contributed by atoms with Crippen LogP contribution in [0.5, 0.6) is 0 Å². The van der Waals surface area contributed by atoms with Gasteiger partial charge in [-0.1, -0.05) is 13.8 Å². The zero-order chi connectivity index (χ0) is 19.2. The summed E-state index contributed by atoms with van der Waals surface area (Å²) in [6.45, 7) is 10.5. The maximum atomic E-state index is 13.5. The van der Waals surface area contributed by atoms with E-state index in [1.54, 1.807) is 6.07 Å². The number of furan rings is 1. The Bertz CT molecular complexity index is 874. The fraction of sp³-hybridized carbons (Fsp3) is 0.571. The van der Waals surface area contributed by atoms with E-state index in [1.165, 1.54) is 12.1 Å². The first-order valence-corrected chi connectivity index (χ1v) is 9.75. The lowest BCUT2D eigenvalue weighted by molar-refractivity contribution is -0.106. The minimum absolute atomic E-state index is 0.0875. The second-order valence-corrected chi connectivity index (χ2v) is 8.17. The molecule has 6 heteroatoms. The molecule has 1 aliphatic heterocycles. The lowest BCUT2D eigenvalue weighted by Crippen LogP contribution is -2.67. The molecular formula is C21H28FN3O2. The number of nitrogens with one attached hydrogen (secondary N) is 2. The molecule has 0 amide bonds. The highest BCUT2D eigenvalue weighted by Gasteiger charge is 2.59. The zero-order valence-corrected chi connectivity index (χ0v) is 16.4. The van der Waals surface area contributed by atoms with Crippen molar-refractivity contribution in [3.05, 3.63) is 35.3 Å². The van der Waals surface area contributed by atoms with Crippen LogP contribution in [0.1, 0.15) is 38.5 Å². The average Bonchev–Trinajstić information content (AvgIpc) is 3.21. The molecule has 1 aromatic heterocycles. The van der Waals surface area contributed by atoms with E-state index in [0.717, 1.165) is 42.2 Å². The minimum atomic E-state index is -0.253. The average molecular weight is 373 g/mol. The van der Waals surface area contributed by atoms with E-state index in [9.17, 15) is 4.39 Å². The van der Waals surface area contributed by atoms with Gasteiger partial charge in [-0.15, -0.1) is 0 Å². The number of guanidine groups is 1. The number of aryl methyl sites for hydroxylation is 1. The highest BCUT2D eigenvalue weighted by molar-refractivity contribution is 5.83. The summed E-state index contributed by atoms with van der Waals surface area (Å²) < 4.78 is 25.3. The highest BCUT2D eigenvalue weighted by atomic mass is 19.1. The van der Waals surface area contributed by atoms with Crippen LogP contribution in [0.4, 0.5) is 4.39 Å². The molecule has 5 nitrogen and oxygen atoms in total. The number of ether oxygens (including phenoxy) is 1. The molecule has 27 heavy (non-hydrogen) atoms. The number of hydrogen-bond acceptors (Lipinski definition) is 3. The minimum Gasteiger partial charge on any atom is -0.459 e. The Morgan fingerprint density at radius 3 is 2.96 bits per heavy atom. The second kappa shape index (κ2) is 6.82. The van der Waals surface area contributed by atoms with Crippen LogP contribution < -0.4 is 10.6 Å². The molecule has 2 N–H and O–H groups in total. The highest BCUT2D eigenvalue weighted by Crippen LogP contribution is 2.52. The van der Waals surface area contributed by atoms with Crippen molar-refractivity contribution in [3.63, 3.8) is 0 Å². The van der Waals surface area contributed by atoms with Crippen LogP contribution in [0.3, 0.4) is 0 Å². The molecule has 0 radical (unpaired) electrons. The van der Waals surface area contributed by atoms with Gasteiger partial charge in [-0.05, 0) is 38.5 Å². The fourth-order valence-electron chi connectivity index (χ4n) is 4.63. The van der Waals surface area contributed by atoms with Crippen molar-refractivity contribution >= 4 is 16.9 Å². The number of fused-ring (bicyclic) bond motifs is 2. The quantitative estimate of drug-likeness (QED) is 0.633. The van der Waals surface area contributed by atoms with Crippen molar-refractivity contribution in [1.29, 1.82) is 0 Å². The van der Waals surface area contributed by atoms with E-state index in [1.807, 2.05) is 6.92 Å². The van der Waals surface area contributed by atoms with Crippen molar-refractivity contribution in [2.75, 3.05) is 13.2 Å². The normalized spacial score (nSPS) is 26.7. The van der Waals surface area contributed by atoms with E-state index >= 15 is 0 Å². The van der Waals surface area contributed by atoms with Crippen LogP contribution in [0.2, 0.25) is 0 Å². The van der Waals surface area contributed by atoms with Gasteiger partial charge in [-0.25, -0.2) is 9.38 Å². The standard InChI is InChI=1S/C21H28FN3O2/c1-5-23-20(25-18-14-8-9-26-19(14)21(18,3)4)24-11-17-12(2)15-10-13(22)6-7-16(15)27-17/h6-7,10,14,18-19H,5,8-9,11H2,1-4H3,(H2,23,24,25). The molecule has 1 aliphatic carbocycles. The molecule has 2 heterocycles. The monoisotopic (exact) mass is 373 g/mol. The zero-order valence-electron chi connectivity index (χ0n) is 16.4. The van der Waals surface area contributed by atoms with E-state index < -0.39 is 0 Å². The van der Waals surface area contributed by atoms with E-state index in [4.69, 9.17) is 14.1 Å². The Balaban J connectivity index is 1.52. The molecule has 3 atom stereocenters. The Morgan fingerprint density at radius 2 is 2.19 bits per heavy atom. The molecule has 2 aromatic rings. The van der Waals surface area contributed by atoms with Gasteiger partial charge in [0.1, 0.15) is 23.7 Å². The summed E-state index contributed by atoms with van der Waals surface area (Å²) in [4.78, 5) is 4.73. The summed E-state index contributed by atoms with van der Waals surface area (Å²) in [5, 5.41) is 7.74. The number of benzene rings is 1. The van der Waals surface area contributed by atoms with Gasteiger partial charge in [-0.3, -0.25) is 0 Å². The Labute approximate surface area is 159 Å². The molecule has 1 aromatic carbocycles. The maximum Gasteiger partial charge on any atom is 0.191 e. The van der Waals surface area contributed by atoms with Crippen LogP contribution in [0.15, 0.2) is 27.6 Å². The van der Waals surface area contributed by atoms with Gasteiger partial charge >= 0.3 is 0 Å². The van der Waals surface area contributed by atoms with Gasteiger partial charge in [-0.2, -0.15) is 0 Å². The third-order valence-electron chi connectivity index (χ3n) is 6.11. The Morgan fingerprint density at radius 1 is 1.37 bits per heavy atom. The summed E-state index contributed by atoms with van der Waals surface area (Å²) in [7, 11) is 0. The van der Waals surface area contributed by atoms with Gasteiger partial charge in [0.25, 0.3) is 0 Å². The van der Waals surface area contributed by atoms with Crippen molar-refractivity contribution in [1.82, 2.24) is 10.6 Å². The van der Waals surface area contributed by atoms with Gasteiger partial charge in [0.2, 0.25) is 0 Å². The van der Waals surface area contributed by atoms with Gasteiger partial charge in [0.05, 0.1) is 6.10 Å². The van der Waals surface area contributed by atoms with Gasteiger partial charge < -0.3 is 19.8 Å². The summed E-state index contributed by atoms with van der Waals surface area (Å²) in [5.74, 6) is 1.84. The Kier molecular flexibility index (Phi) is 4.62. The van der Waals surface area contributed by atoms with Gasteiger partial charge in [0.15, 0.2) is 5.96 Å².